The van der Waals surface area contributed by atoms with Gasteiger partial charge >= 0.3 is 0 Å². The van der Waals surface area contributed by atoms with Gasteiger partial charge in [-0.15, -0.1) is 0 Å². The van der Waals surface area contributed by atoms with Crippen molar-refractivity contribution in [2.45, 2.75) is 33.4 Å². The first-order valence-electron chi connectivity index (χ1n) is 10.6. The van der Waals surface area contributed by atoms with Gasteiger partial charge in [-0.3, -0.25) is 14.5 Å². The van der Waals surface area contributed by atoms with E-state index in [0.29, 0.717) is 43.3 Å². The van der Waals surface area contributed by atoms with Gasteiger partial charge in [-0.2, -0.15) is 5.10 Å². The van der Waals surface area contributed by atoms with E-state index in [-0.39, 0.29) is 5.91 Å². The molecule has 0 aliphatic rings. The molecule has 4 rings (SSSR count). The fourth-order valence-electron chi connectivity index (χ4n) is 3.70. The van der Waals surface area contributed by atoms with Crippen LogP contribution in [0.2, 0.25) is 0 Å². The molecule has 9 heteroatoms. The van der Waals surface area contributed by atoms with Crippen molar-refractivity contribution in [3.63, 3.8) is 0 Å². The molecule has 2 aromatic carbocycles. The number of aromatic amines is 1. The van der Waals surface area contributed by atoms with Crippen molar-refractivity contribution in [2.75, 3.05) is 13.2 Å². The Bertz CT molecular complexity index is 1270. The molecule has 166 valence electrons. The number of carbonyl (C=O) groups is 1. The van der Waals surface area contributed by atoms with Gasteiger partial charge in [0.25, 0.3) is 0 Å². The molecule has 0 unspecified atom stereocenters. The third-order valence-electron chi connectivity index (χ3n) is 5.25. The maximum absolute atomic E-state index is 12.5. The van der Waals surface area contributed by atoms with E-state index >= 15 is 0 Å². The van der Waals surface area contributed by atoms with Crippen LogP contribution < -0.4 is 10.1 Å². The van der Waals surface area contributed by atoms with E-state index in [2.05, 4.69) is 25.1 Å². The van der Waals surface area contributed by atoms with Crippen LogP contribution >= 0.6 is 12.2 Å². The molecule has 0 radical (unpaired) electrons. The molecule has 2 heterocycles. The smallest absolute Gasteiger partial charge is 0.221 e. The Balaban J connectivity index is 1.35. The van der Waals surface area contributed by atoms with E-state index in [4.69, 9.17) is 17.0 Å². The van der Waals surface area contributed by atoms with Crippen LogP contribution in [0.25, 0.3) is 22.4 Å². The van der Waals surface area contributed by atoms with Gasteiger partial charge in [0.2, 0.25) is 5.91 Å². The summed E-state index contributed by atoms with van der Waals surface area (Å²) in [5.74, 6) is 2.40. The average Bonchev–Trinajstić information content (AvgIpc) is 3.32. The van der Waals surface area contributed by atoms with Crippen LogP contribution in [-0.2, 0) is 17.9 Å². The zero-order valence-electron chi connectivity index (χ0n) is 18.2. The van der Waals surface area contributed by atoms with Crippen molar-refractivity contribution < 1.29 is 9.53 Å². The molecule has 2 aromatic heterocycles. The van der Waals surface area contributed by atoms with Crippen LogP contribution in [0.5, 0.6) is 5.75 Å². The highest BCUT2D eigenvalue weighted by Gasteiger charge is 2.12. The highest BCUT2D eigenvalue weighted by molar-refractivity contribution is 7.71. The Hall–Kier alpha value is -3.46. The van der Waals surface area contributed by atoms with Crippen molar-refractivity contribution in [3.05, 3.63) is 59.1 Å². The molecule has 0 atom stereocenters. The number of amides is 1. The summed E-state index contributed by atoms with van der Waals surface area (Å²) in [4.78, 5) is 17.0. The normalized spacial score (nSPS) is 11.1. The Labute approximate surface area is 191 Å². The molecule has 4 aromatic rings. The molecule has 0 aliphatic heterocycles. The Morgan fingerprint density at radius 3 is 2.69 bits per heavy atom. The van der Waals surface area contributed by atoms with Gasteiger partial charge in [0.05, 0.1) is 17.6 Å². The number of hydrogen-bond donors (Lipinski definition) is 2. The predicted molar refractivity (Wildman–Crippen MR) is 126 cm³/mol. The van der Waals surface area contributed by atoms with Gasteiger partial charge in [-0.1, -0.05) is 12.1 Å². The minimum Gasteiger partial charge on any atom is -0.494 e. The number of nitrogens with zero attached hydrogens (tertiary/aromatic N) is 4. The number of hydrogen-bond acceptors (Lipinski definition) is 5. The van der Waals surface area contributed by atoms with Gasteiger partial charge in [0.1, 0.15) is 11.6 Å². The first kappa shape index (κ1) is 21.8. The number of ether oxygens (including phenoxy) is 1. The Morgan fingerprint density at radius 2 is 1.91 bits per heavy atom. The number of aromatic nitrogens is 5. The Kier molecular flexibility index (Phi) is 6.65. The first-order chi connectivity index (χ1) is 15.6. The summed E-state index contributed by atoms with van der Waals surface area (Å²) in [5.41, 5.74) is 2.94. The van der Waals surface area contributed by atoms with Crippen molar-refractivity contribution in [1.82, 2.24) is 29.6 Å². The van der Waals surface area contributed by atoms with Crippen LogP contribution in [0.4, 0.5) is 0 Å². The molecule has 8 nitrogen and oxygen atoms in total. The van der Waals surface area contributed by atoms with E-state index in [9.17, 15) is 4.79 Å². The number of benzene rings is 2. The quantitative estimate of drug-likeness (QED) is 0.378. The fourth-order valence-corrected chi connectivity index (χ4v) is 3.92. The minimum atomic E-state index is -0.0344. The number of para-hydroxylation sites is 2. The number of carbonyl (C=O) groups excluding carboxylic acids is 1. The van der Waals surface area contributed by atoms with Crippen LogP contribution in [-0.4, -0.2) is 43.4 Å². The lowest BCUT2D eigenvalue weighted by Gasteiger charge is -2.10. The lowest BCUT2D eigenvalue weighted by atomic mass is 10.2. The summed E-state index contributed by atoms with van der Waals surface area (Å²) < 4.78 is 9.94. The SMILES string of the molecule is CCOc1ccc(-c2n[nH]c(=S)n2CCC(=O)NCCn2c(C)nc3ccccc32)cc1. The number of H-pyrrole nitrogens is 1. The van der Waals surface area contributed by atoms with Gasteiger partial charge in [-0.05, 0) is 62.5 Å². The highest BCUT2D eigenvalue weighted by Crippen LogP contribution is 2.21. The Morgan fingerprint density at radius 1 is 1.12 bits per heavy atom. The second-order valence-corrected chi connectivity index (χ2v) is 7.75. The number of aryl methyl sites for hydroxylation is 1. The van der Waals surface area contributed by atoms with Crippen molar-refractivity contribution in [3.8, 4) is 17.1 Å². The molecule has 0 bridgehead atoms. The molecule has 0 aliphatic carbocycles. The van der Waals surface area contributed by atoms with Gasteiger partial charge in [0, 0.05) is 31.6 Å². The summed E-state index contributed by atoms with van der Waals surface area (Å²) in [7, 11) is 0. The third kappa shape index (κ3) is 4.72. The van der Waals surface area contributed by atoms with Crippen LogP contribution in [0.1, 0.15) is 19.2 Å². The average molecular weight is 451 g/mol. The fraction of sp³-hybridized carbons (Fsp3) is 0.304. The van der Waals surface area contributed by atoms with Crippen LogP contribution in [0, 0.1) is 11.7 Å². The lowest BCUT2D eigenvalue weighted by Crippen LogP contribution is -2.28. The number of fused-ring (bicyclic) bond motifs is 1. The van der Waals surface area contributed by atoms with E-state index in [1.807, 2.05) is 66.9 Å². The third-order valence-corrected chi connectivity index (χ3v) is 5.56. The molecule has 0 spiro atoms. The molecular weight excluding hydrogens is 424 g/mol. The summed E-state index contributed by atoms with van der Waals surface area (Å²) in [6, 6.07) is 15.7. The summed E-state index contributed by atoms with van der Waals surface area (Å²) in [6.07, 6.45) is 0.307. The van der Waals surface area contributed by atoms with E-state index in [1.165, 1.54) is 0 Å². The van der Waals surface area contributed by atoms with Gasteiger partial charge in [0.15, 0.2) is 10.6 Å². The van der Waals surface area contributed by atoms with Gasteiger partial charge < -0.3 is 14.6 Å². The molecule has 0 saturated heterocycles. The van der Waals surface area contributed by atoms with Crippen LogP contribution in [0.3, 0.4) is 0 Å². The highest BCUT2D eigenvalue weighted by atomic mass is 32.1. The van der Waals surface area contributed by atoms with Crippen molar-refractivity contribution in [2.24, 2.45) is 0 Å². The minimum absolute atomic E-state index is 0.0344. The molecule has 2 N–H and O–H groups in total. The summed E-state index contributed by atoms with van der Waals surface area (Å²) >= 11 is 5.37. The molecule has 32 heavy (non-hydrogen) atoms. The second kappa shape index (κ2) is 9.78. The molecular formula is C23H26N6O2S. The molecule has 0 fully saturated rings. The van der Waals surface area contributed by atoms with E-state index < -0.39 is 0 Å². The first-order valence-corrected chi connectivity index (χ1v) is 11.0. The summed E-state index contributed by atoms with van der Waals surface area (Å²) in [6.45, 7) is 6.18. The van der Waals surface area contributed by atoms with E-state index in [0.717, 1.165) is 28.2 Å². The monoisotopic (exact) mass is 450 g/mol. The van der Waals surface area contributed by atoms with Gasteiger partial charge in [-0.25, -0.2) is 4.98 Å². The zero-order valence-corrected chi connectivity index (χ0v) is 19.0. The zero-order chi connectivity index (χ0) is 22.5. The second-order valence-electron chi connectivity index (χ2n) is 7.36. The van der Waals surface area contributed by atoms with Crippen LogP contribution in [0.15, 0.2) is 48.5 Å². The van der Waals surface area contributed by atoms with Crippen molar-refractivity contribution >= 4 is 29.2 Å². The number of nitrogens with one attached hydrogen (secondary N) is 2. The predicted octanol–water partition coefficient (Wildman–Crippen LogP) is 3.87. The maximum atomic E-state index is 12.5. The molecule has 1 amide bonds. The standard InChI is InChI=1S/C23H26N6O2S/c1-3-31-18-10-8-17(9-11-18)22-26-27-23(32)29(22)14-12-21(30)24-13-15-28-16(2)25-19-6-4-5-7-20(19)28/h4-11H,3,12-15H2,1-2H3,(H,24,30)(H,27,32). The largest absolute Gasteiger partial charge is 0.494 e. The summed E-state index contributed by atoms with van der Waals surface area (Å²) in [5, 5.41) is 10.2. The number of rotatable bonds is 9. The van der Waals surface area contributed by atoms with E-state index in [1.54, 1.807) is 0 Å². The topological polar surface area (TPSA) is 89.8 Å². The number of imidazole rings is 1. The lowest BCUT2D eigenvalue weighted by molar-refractivity contribution is -0.121. The maximum Gasteiger partial charge on any atom is 0.221 e. The molecule has 0 saturated carbocycles. The van der Waals surface area contributed by atoms with Crippen molar-refractivity contribution in [1.29, 1.82) is 0 Å².